The zero-order valence-electron chi connectivity index (χ0n) is 17.3. The minimum Gasteiger partial charge on any atom is -0.356 e. The maximum Gasteiger partial charge on any atom is 0.214 e. The molecule has 0 spiro atoms. The second-order valence-electron chi connectivity index (χ2n) is 7.95. The van der Waals surface area contributed by atoms with Gasteiger partial charge in [-0.1, -0.05) is 32.9 Å². The topological polar surface area (TPSA) is 73.8 Å². The van der Waals surface area contributed by atoms with E-state index in [4.69, 9.17) is 0 Å². The van der Waals surface area contributed by atoms with Crippen molar-refractivity contribution in [3.05, 3.63) is 35.6 Å². The van der Waals surface area contributed by atoms with Crippen LogP contribution in [0.3, 0.4) is 0 Å². The van der Waals surface area contributed by atoms with Crippen molar-refractivity contribution in [2.75, 3.05) is 32.4 Å². The molecule has 0 aromatic heterocycles. The summed E-state index contributed by atoms with van der Waals surface area (Å²) in [7, 11) is -1.41. The number of aliphatic imine (C=N–C) groups is 1. The summed E-state index contributed by atoms with van der Waals surface area (Å²) >= 11 is 0. The Morgan fingerprint density at radius 2 is 2.00 bits per heavy atom. The molecule has 1 aliphatic rings. The van der Waals surface area contributed by atoms with Crippen LogP contribution in [0, 0.1) is 5.82 Å². The molecule has 1 aliphatic heterocycles. The van der Waals surface area contributed by atoms with Crippen LogP contribution in [0.4, 0.5) is 4.39 Å². The van der Waals surface area contributed by atoms with Crippen LogP contribution in [0.1, 0.15) is 45.6 Å². The summed E-state index contributed by atoms with van der Waals surface area (Å²) in [4.78, 5) is 4.28. The van der Waals surface area contributed by atoms with Gasteiger partial charge in [0.05, 0.1) is 5.75 Å². The number of halogens is 1. The Hall–Kier alpha value is -1.67. The Bertz CT molecular complexity index is 772. The predicted molar refractivity (Wildman–Crippen MR) is 113 cm³/mol. The minimum atomic E-state index is -3.13. The average molecular weight is 413 g/mol. The lowest BCUT2D eigenvalue weighted by atomic mass is 9.84. The molecule has 2 N–H and O–H groups in total. The summed E-state index contributed by atoms with van der Waals surface area (Å²) < 4.78 is 39.5. The van der Waals surface area contributed by atoms with E-state index >= 15 is 0 Å². The predicted octanol–water partition coefficient (Wildman–Crippen LogP) is 2.47. The van der Waals surface area contributed by atoms with Crippen molar-refractivity contribution in [3.63, 3.8) is 0 Å². The van der Waals surface area contributed by atoms with Gasteiger partial charge in [-0.2, -0.15) is 0 Å². The molecule has 0 radical (unpaired) electrons. The molecule has 1 saturated heterocycles. The Balaban J connectivity index is 1.87. The summed E-state index contributed by atoms with van der Waals surface area (Å²) in [6, 6.07) is 6.83. The summed E-state index contributed by atoms with van der Waals surface area (Å²) in [5.74, 6) is 0.654. The molecular weight excluding hydrogens is 379 g/mol. The largest absolute Gasteiger partial charge is 0.356 e. The molecule has 28 heavy (non-hydrogen) atoms. The van der Waals surface area contributed by atoms with Gasteiger partial charge in [0.1, 0.15) is 5.82 Å². The molecule has 0 aliphatic carbocycles. The molecule has 2 rings (SSSR count). The van der Waals surface area contributed by atoms with Crippen LogP contribution in [0.25, 0.3) is 0 Å². The maximum atomic E-state index is 13.5. The van der Waals surface area contributed by atoms with Gasteiger partial charge >= 0.3 is 0 Å². The third kappa shape index (κ3) is 6.17. The summed E-state index contributed by atoms with van der Waals surface area (Å²) in [5, 5.41) is 6.71. The summed E-state index contributed by atoms with van der Waals surface area (Å²) in [6.45, 7) is 7.66. The van der Waals surface area contributed by atoms with E-state index in [0.717, 1.165) is 18.4 Å². The zero-order valence-corrected chi connectivity index (χ0v) is 18.2. The molecule has 1 heterocycles. The molecule has 0 atom stereocenters. The zero-order chi connectivity index (χ0) is 20.8. The van der Waals surface area contributed by atoms with Crippen molar-refractivity contribution in [2.45, 2.75) is 51.5 Å². The highest BCUT2D eigenvalue weighted by Gasteiger charge is 2.28. The van der Waals surface area contributed by atoms with E-state index in [0.29, 0.717) is 32.0 Å². The normalized spacial score (nSPS) is 17.5. The van der Waals surface area contributed by atoms with E-state index in [1.54, 1.807) is 23.5 Å². The molecule has 8 heteroatoms. The van der Waals surface area contributed by atoms with Crippen molar-refractivity contribution >= 4 is 16.0 Å². The van der Waals surface area contributed by atoms with Crippen molar-refractivity contribution in [1.29, 1.82) is 0 Å². The maximum absolute atomic E-state index is 13.5. The highest BCUT2D eigenvalue weighted by molar-refractivity contribution is 7.89. The van der Waals surface area contributed by atoms with Crippen molar-refractivity contribution in [3.8, 4) is 0 Å². The van der Waals surface area contributed by atoms with Gasteiger partial charge < -0.3 is 10.6 Å². The lowest BCUT2D eigenvalue weighted by Crippen LogP contribution is -2.51. The fraction of sp³-hybridized carbons (Fsp3) is 0.650. The minimum absolute atomic E-state index is 0.177. The Morgan fingerprint density at radius 1 is 1.32 bits per heavy atom. The molecular formula is C20H33FN4O2S. The van der Waals surface area contributed by atoms with Gasteiger partial charge in [-0.3, -0.25) is 4.99 Å². The van der Waals surface area contributed by atoms with E-state index in [2.05, 4.69) is 29.5 Å². The summed E-state index contributed by atoms with van der Waals surface area (Å²) in [5.41, 5.74) is 0.655. The Labute approximate surface area is 168 Å². The van der Waals surface area contributed by atoms with Gasteiger partial charge in [0.2, 0.25) is 10.0 Å². The highest BCUT2D eigenvalue weighted by Crippen LogP contribution is 2.23. The third-order valence-electron chi connectivity index (χ3n) is 5.18. The van der Waals surface area contributed by atoms with E-state index < -0.39 is 10.0 Å². The smallest absolute Gasteiger partial charge is 0.214 e. The van der Waals surface area contributed by atoms with Gasteiger partial charge in [-0.15, -0.1) is 0 Å². The van der Waals surface area contributed by atoms with Crippen molar-refractivity contribution in [1.82, 2.24) is 14.9 Å². The molecule has 6 nitrogen and oxygen atoms in total. The highest BCUT2D eigenvalue weighted by atomic mass is 32.2. The molecule has 0 bridgehead atoms. The van der Waals surface area contributed by atoms with Crippen LogP contribution < -0.4 is 10.6 Å². The van der Waals surface area contributed by atoms with E-state index in [1.165, 1.54) is 6.07 Å². The van der Waals surface area contributed by atoms with E-state index in [1.807, 2.05) is 13.0 Å². The molecule has 1 fully saturated rings. The quantitative estimate of drug-likeness (QED) is 0.533. The van der Waals surface area contributed by atoms with Crippen LogP contribution in [-0.4, -0.2) is 57.2 Å². The van der Waals surface area contributed by atoms with E-state index in [9.17, 15) is 12.8 Å². The van der Waals surface area contributed by atoms with Gasteiger partial charge in [-0.25, -0.2) is 17.1 Å². The third-order valence-corrected chi connectivity index (χ3v) is 7.25. The number of nitrogens with zero attached hydrogens (tertiary/aromatic N) is 2. The first-order valence-electron chi connectivity index (χ1n) is 9.89. The molecule has 0 saturated carbocycles. The monoisotopic (exact) mass is 412 g/mol. The fourth-order valence-electron chi connectivity index (χ4n) is 3.37. The average Bonchev–Trinajstić information content (AvgIpc) is 2.65. The molecule has 1 aromatic rings. The number of nitrogens with one attached hydrogen (secondary N) is 2. The summed E-state index contributed by atoms with van der Waals surface area (Å²) in [6.07, 6.45) is 2.13. The van der Waals surface area contributed by atoms with Crippen molar-refractivity contribution < 1.29 is 12.8 Å². The van der Waals surface area contributed by atoms with Crippen molar-refractivity contribution in [2.24, 2.45) is 4.99 Å². The van der Waals surface area contributed by atoms with Crippen LogP contribution in [-0.2, 0) is 15.4 Å². The number of hydrogen-bond acceptors (Lipinski definition) is 3. The number of guanidine groups is 1. The fourth-order valence-corrected chi connectivity index (χ4v) is 4.91. The van der Waals surface area contributed by atoms with Crippen LogP contribution >= 0.6 is 0 Å². The lowest BCUT2D eigenvalue weighted by molar-refractivity contribution is 0.305. The van der Waals surface area contributed by atoms with Gasteiger partial charge in [0, 0.05) is 38.1 Å². The number of piperidine rings is 1. The molecule has 0 unspecified atom stereocenters. The second-order valence-corrected chi connectivity index (χ2v) is 10.0. The number of sulfonamides is 1. The van der Waals surface area contributed by atoms with Crippen LogP contribution in [0.2, 0.25) is 0 Å². The molecule has 0 amide bonds. The van der Waals surface area contributed by atoms with Crippen LogP contribution in [0.15, 0.2) is 29.3 Å². The SMILES string of the molecule is CCCS(=O)(=O)N1CCC(NC(=NC)NCC(C)(C)c2cccc(F)c2)CC1. The second kappa shape index (κ2) is 9.69. The standard InChI is InChI=1S/C20H33FN4O2S/c1-5-13-28(26,27)25-11-9-18(10-12-25)24-19(22-4)23-15-20(2,3)16-7-6-8-17(21)14-16/h6-8,14,18H,5,9-13,15H2,1-4H3,(H2,22,23,24). The number of rotatable bonds is 7. The first-order chi connectivity index (χ1) is 13.2. The Morgan fingerprint density at radius 3 is 2.57 bits per heavy atom. The number of benzene rings is 1. The Kier molecular flexibility index (Phi) is 7.83. The first kappa shape index (κ1) is 22.6. The number of hydrogen-bond donors (Lipinski definition) is 2. The molecule has 158 valence electrons. The van der Waals surface area contributed by atoms with Gasteiger partial charge in [0.15, 0.2) is 5.96 Å². The lowest BCUT2D eigenvalue weighted by Gasteiger charge is -2.33. The van der Waals surface area contributed by atoms with E-state index in [-0.39, 0.29) is 23.0 Å². The first-order valence-corrected chi connectivity index (χ1v) is 11.5. The van der Waals surface area contributed by atoms with Gasteiger partial charge in [0.25, 0.3) is 0 Å². The van der Waals surface area contributed by atoms with Crippen LogP contribution in [0.5, 0.6) is 0 Å². The van der Waals surface area contributed by atoms with Gasteiger partial charge in [-0.05, 0) is 37.0 Å². The molecule has 1 aromatic carbocycles.